The van der Waals surface area contributed by atoms with Gasteiger partial charge in [0.05, 0.1) is 0 Å². The molecule has 2 rings (SSSR count). The van der Waals surface area contributed by atoms with E-state index in [0.29, 0.717) is 6.04 Å². The van der Waals surface area contributed by atoms with Gasteiger partial charge in [-0.25, -0.2) is 0 Å². The molecule has 3 unspecified atom stereocenters. The third-order valence-corrected chi connectivity index (χ3v) is 4.36. The lowest BCUT2D eigenvalue weighted by Gasteiger charge is -2.22. The number of hydrogen-bond acceptors (Lipinski definition) is 1. The summed E-state index contributed by atoms with van der Waals surface area (Å²) in [6.45, 7) is 6.81. The molecule has 0 aromatic carbocycles. The Bertz CT molecular complexity index is 391. The van der Waals surface area contributed by atoms with E-state index < -0.39 is 0 Å². The van der Waals surface area contributed by atoms with Crippen LogP contribution in [0.25, 0.3) is 0 Å². The van der Waals surface area contributed by atoms with Gasteiger partial charge in [-0.1, -0.05) is 20.3 Å². The molecule has 0 aliphatic heterocycles. The predicted octanol–water partition coefficient (Wildman–Crippen LogP) is 3.85. The van der Waals surface area contributed by atoms with E-state index >= 15 is 0 Å². The summed E-state index contributed by atoms with van der Waals surface area (Å²) in [7, 11) is 0. The second-order valence-corrected chi connectivity index (χ2v) is 5.16. The Hall–Kier alpha value is -0.570. The molecule has 0 amide bonds. The van der Waals surface area contributed by atoms with E-state index in [-0.39, 0.29) is 0 Å². The minimum atomic E-state index is 0.619. The van der Waals surface area contributed by atoms with Crippen LogP contribution in [-0.4, -0.2) is 9.55 Å². The van der Waals surface area contributed by atoms with Crippen LogP contribution < -0.4 is 0 Å². The van der Waals surface area contributed by atoms with Crippen molar-refractivity contribution in [2.24, 2.45) is 11.8 Å². The van der Waals surface area contributed by atoms with E-state index in [0.717, 1.165) is 16.6 Å². The molecule has 1 aliphatic carbocycles. The maximum atomic E-state index is 5.34. The predicted molar refractivity (Wildman–Crippen MR) is 65.6 cm³/mol. The minimum absolute atomic E-state index is 0.619. The summed E-state index contributed by atoms with van der Waals surface area (Å²) in [4.78, 5) is 3.14. The van der Waals surface area contributed by atoms with Crippen LogP contribution in [0.4, 0.5) is 0 Å². The zero-order chi connectivity index (χ0) is 11.0. The molecule has 15 heavy (non-hydrogen) atoms. The third-order valence-electron chi connectivity index (χ3n) is 4.04. The van der Waals surface area contributed by atoms with Gasteiger partial charge < -0.3 is 9.55 Å². The van der Waals surface area contributed by atoms with Crippen LogP contribution in [0.15, 0.2) is 6.20 Å². The summed E-state index contributed by atoms with van der Waals surface area (Å²) in [6.07, 6.45) is 5.96. The number of hydrogen-bond donors (Lipinski definition) is 1. The SMILES string of the molecule is CCC1CCC(n2c(C)c[nH]c2=S)C1C. The van der Waals surface area contributed by atoms with E-state index in [2.05, 4.69) is 30.3 Å². The molecule has 1 aromatic rings. The molecule has 3 heteroatoms. The molecule has 84 valence electrons. The molecule has 0 spiro atoms. The van der Waals surface area contributed by atoms with Crippen molar-refractivity contribution >= 4 is 12.2 Å². The van der Waals surface area contributed by atoms with Gasteiger partial charge in [-0.3, -0.25) is 0 Å². The zero-order valence-corrected chi connectivity index (χ0v) is 10.6. The largest absolute Gasteiger partial charge is 0.337 e. The fourth-order valence-corrected chi connectivity index (χ4v) is 3.38. The average Bonchev–Trinajstić information content (AvgIpc) is 2.71. The molecule has 3 atom stereocenters. The number of aromatic amines is 1. The van der Waals surface area contributed by atoms with E-state index in [9.17, 15) is 0 Å². The van der Waals surface area contributed by atoms with E-state index in [4.69, 9.17) is 12.2 Å². The minimum Gasteiger partial charge on any atom is -0.337 e. The Balaban J connectivity index is 2.30. The highest BCUT2D eigenvalue weighted by atomic mass is 32.1. The maximum Gasteiger partial charge on any atom is 0.177 e. The van der Waals surface area contributed by atoms with Crippen LogP contribution >= 0.6 is 12.2 Å². The van der Waals surface area contributed by atoms with Crippen LogP contribution in [0.1, 0.15) is 44.8 Å². The van der Waals surface area contributed by atoms with Gasteiger partial charge in [-0.2, -0.15) is 0 Å². The van der Waals surface area contributed by atoms with E-state index in [1.54, 1.807) is 0 Å². The zero-order valence-electron chi connectivity index (χ0n) is 9.79. The van der Waals surface area contributed by atoms with Gasteiger partial charge in [-0.15, -0.1) is 0 Å². The fraction of sp³-hybridized carbons (Fsp3) is 0.750. The molecular weight excluding hydrogens is 204 g/mol. The molecule has 1 N–H and O–H groups in total. The van der Waals surface area contributed by atoms with Crippen molar-refractivity contribution in [1.29, 1.82) is 0 Å². The normalized spacial score (nSPS) is 31.0. The van der Waals surface area contributed by atoms with Gasteiger partial charge in [0.2, 0.25) is 0 Å². The van der Waals surface area contributed by atoms with Crippen LogP contribution in [0, 0.1) is 23.5 Å². The highest BCUT2D eigenvalue weighted by Gasteiger charge is 2.33. The molecule has 0 radical (unpaired) electrons. The number of H-pyrrole nitrogens is 1. The van der Waals surface area contributed by atoms with Crippen molar-refractivity contribution in [3.05, 3.63) is 16.7 Å². The summed E-state index contributed by atoms with van der Waals surface area (Å²) in [5, 5.41) is 0. The van der Waals surface area contributed by atoms with Crippen molar-refractivity contribution in [2.45, 2.75) is 46.1 Å². The number of nitrogens with zero attached hydrogens (tertiary/aromatic N) is 1. The van der Waals surface area contributed by atoms with Crippen molar-refractivity contribution in [3.8, 4) is 0 Å². The summed E-state index contributed by atoms with van der Waals surface area (Å²) < 4.78 is 3.21. The van der Waals surface area contributed by atoms with Gasteiger partial charge in [0.25, 0.3) is 0 Å². The Morgan fingerprint density at radius 1 is 1.53 bits per heavy atom. The van der Waals surface area contributed by atoms with Gasteiger partial charge in [0.15, 0.2) is 4.77 Å². The standard InChI is InChI=1S/C12H20N2S/c1-4-10-5-6-11(9(10)3)14-8(2)7-13-12(14)15/h7,9-11H,4-6H2,1-3H3,(H,13,15). The first kappa shape index (κ1) is 10.9. The fourth-order valence-electron chi connectivity index (χ4n) is 3.04. The van der Waals surface area contributed by atoms with Crippen molar-refractivity contribution in [1.82, 2.24) is 9.55 Å². The van der Waals surface area contributed by atoms with Crippen LogP contribution in [-0.2, 0) is 0 Å². The highest BCUT2D eigenvalue weighted by molar-refractivity contribution is 7.71. The lowest BCUT2D eigenvalue weighted by Crippen LogP contribution is -2.16. The third kappa shape index (κ3) is 1.78. The van der Waals surface area contributed by atoms with Crippen molar-refractivity contribution in [2.75, 3.05) is 0 Å². The van der Waals surface area contributed by atoms with Gasteiger partial charge in [0.1, 0.15) is 0 Å². The van der Waals surface area contributed by atoms with E-state index in [1.165, 1.54) is 25.0 Å². The molecule has 1 fully saturated rings. The van der Waals surface area contributed by atoms with Gasteiger partial charge in [0, 0.05) is 17.9 Å². The molecular formula is C12H20N2S. The lowest BCUT2D eigenvalue weighted by molar-refractivity contribution is 0.324. The number of imidazole rings is 1. The van der Waals surface area contributed by atoms with Crippen molar-refractivity contribution < 1.29 is 0 Å². The highest BCUT2D eigenvalue weighted by Crippen LogP contribution is 2.42. The molecule has 1 aromatic heterocycles. The average molecular weight is 224 g/mol. The monoisotopic (exact) mass is 224 g/mol. The number of rotatable bonds is 2. The maximum absolute atomic E-state index is 5.34. The van der Waals surface area contributed by atoms with Gasteiger partial charge in [-0.05, 0) is 43.8 Å². The number of aromatic nitrogens is 2. The summed E-state index contributed by atoms with van der Waals surface area (Å²) in [5.41, 5.74) is 1.27. The summed E-state index contributed by atoms with van der Waals surface area (Å²) in [5.74, 6) is 1.64. The molecule has 0 bridgehead atoms. The van der Waals surface area contributed by atoms with Crippen LogP contribution in [0.5, 0.6) is 0 Å². The molecule has 2 nitrogen and oxygen atoms in total. The quantitative estimate of drug-likeness (QED) is 0.757. The van der Waals surface area contributed by atoms with Crippen LogP contribution in [0.2, 0.25) is 0 Å². The first-order valence-corrected chi connectivity index (χ1v) is 6.32. The topological polar surface area (TPSA) is 20.7 Å². The van der Waals surface area contributed by atoms with E-state index in [1.807, 2.05) is 6.20 Å². The first-order valence-electron chi connectivity index (χ1n) is 5.91. The lowest BCUT2D eigenvalue weighted by atomic mass is 9.93. The van der Waals surface area contributed by atoms with Crippen LogP contribution in [0.3, 0.4) is 0 Å². The second-order valence-electron chi connectivity index (χ2n) is 4.78. The summed E-state index contributed by atoms with van der Waals surface area (Å²) in [6, 6.07) is 0.619. The molecule has 1 aliphatic rings. The number of nitrogens with one attached hydrogen (secondary N) is 1. The Morgan fingerprint density at radius 3 is 2.73 bits per heavy atom. The second kappa shape index (κ2) is 4.12. The molecule has 1 saturated carbocycles. The van der Waals surface area contributed by atoms with Crippen molar-refractivity contribution in [3.63, 3.8) is 0 Å². The molecule has 0 saturated heterocycles. The first-order chi connectivity index (χ1) is 7.15. The Morgan fingerprint density at radius 2 is 2.27 bits per heavy atom. The molecule has 1 heterocycles. The Kier molecular flexibility index (Phi) is 3.01. The van der Waals surface area contributed by atoms with Gasteiger partial charge >= 0.3 is 0 Å². The number of aryl methyl sites for hydroxylation is 1. The smallest absolute Gasteiger partial charge is 0.177 e. The summed E-state index contributed by atoms with van der Waals surface area (Å²) >= 11 is 5.34. The Labute approximate surface area is 96.7 Å².